The highest BCUT2D eigenvalue weighted by Gasteiger charge is 2.49. The number of fused-ring (bicyclic) bond motifs is 1. The van der Waals surface area contributed by atoms with E-state index < -0.39 is 17.5 Å². The number of carboxylic acid groups (broad SMARTS) is 1. The van der Waals surface area contributed by atoms with Gasteiger partial charge in [0.15, 0.2) is 6.10 Å². The molecule has 1 saturated heterocycles. The Hall–Kier alpha value is -2.04. The number of likely N-dealkylation sites (tertiary alicyclic amines) is 1. The van der Waals surface area contributed by atoms with E-state index in [4.69, 9.17) is 4.74 Å². The Morgan fingerprint density at radius 2 is 1.96 bits per heavy atom. The first-order chi connectivity index (χ1) is 11.2. The number of carbonyl (C=O) groups is 2. The lowest BCUT2D eigenvalue weighted by molar-refractivity contribution is -0.151. The molecule has 0 aliphatic carbocycles. The number of aliphatic carboxylic acids is 1. The molecule has 2 aliphatic rings. The molecular formula is C19H25NO4. The van der Waals surface area contributed by atoms with Crippen LogP contribution in [0.5, 0.6) is 5.75 Å². The Balaban J connectivity index is 1.74. The molecule has 5 nitrogen and oxygen atoms in total. The summed E-state index contributed by atoms with van der Waals surface area (Å²) in [5, 5.41) is 9.63. The maximum absolute atomic E-state index is 12.8. The molecule has 1 N–H and O–H groups in total. The molecule has 0 spiro atoms. The Labute approximate surface area is 142 Å². The molecule has 1 fully saturated rings. The zero-order valence-corrected chi connectivity index (χ0v) is 14.8. The highest BCUT2D eigenvalue weighted by molar-refractivity contribution is 5.85. The van der Waals surface area contributed by atoms with E-state index in [9.17, 15) is 14.7 Å². The molecule has 1 aromatic carbocycles. The van der Waals surface area contributed by atoms with Gasteiger partial charge in [-0.05, 0) is 48.9 Å². The average molecular weight is 331 g/mol. The van der Waals surface area contributed by atoms with Gasteiger partial charge in [0, 0.05) is 19.5 Å². The van der Waals surface area contributed by atoms with Crippen molar-refractivity contribution in [1.82, 2.24) is 4.90 Å². The molecule has 0 bridgehead atoms. The summed E-state index contributed by atoms with van der Waals surface area (Å²) in [6.07, 6.45) is 0.537. The van der Waals surface area contributed by atoms with Crippen molar-refractivity contribution in [3.05, 3.63) is 28.8 Å². The van der Waals surface area contributed by atoms with Crippen LogP contribution in [0.1, 0.15) is 37.0 Å². The number of nitrogens with zero attached hydrogens (tertiary/aromatic N) is 1. The van der Waals surface area contributed by atoms with Crippen LogP contribution >= 0.6 is 0 Å². The maximum atomic E-state index is 12.8. The van der Waals surface area contributed by atoms with Crippen molar-refractivity contribution in [2.24, 2.45) is 11.3 Å². The van der Waals surface area contributed by atoms with E-state index in [1.807, 2.05) is 26.8 Å². The van der Waals surface area contributed by atoms with Gasteiger partial charge in [0.2, 0.25) is 0 Å². The van der Waals surface area contributed by atoms with E-state index in [0.29, 0.717) is 19.4 Å². The number of aryl methyl sites for hydroxylation is 2. The van der Waals surface area contributed by atoms with Crippen LogP contribution in [0.4, 0.5) is 0 Å². The van der Waals surface area contributed by atoms with Crippen molar-refractivity contribution in [2.75, 3.05) is 13.1 Å². The van der Waals surface area contributed by atoms with Crippen LogP contribution in [0.2, 0.25) is 0 Å². The number of carbonyl (C=O) groups excluding carboxylic acids is 1. The van der Waals surface area contributed by atoms with Gasteiger partial charge in [0.1, 0.15) is 5.75 Å². The molecule has 2 aliphatic heterocycles. The van der Waals surface area contributed by atoms with Gasteiger partial charge >= 0.3 is 5.97 Å². The highest BCUT2D eigenvalue weighted by Crippen LogP contribution is 2.39. The number of benzene rings is 1. The van der Waals surface area contributed by atoms with Crippen LogP contribution in [-0.2, 0) is 16.0 Å². The van der Waals surface area contributed by atoms with E-state index in [1.54, 1.807) is 4.90 Å². The minimum atomic E-state index is -0.839. The van der Waals surface area contributed by atoms with Crippen LogP contribution in [0.15, 0.2) is 12.1 Å². The van der Waals surface area contributed by atoms with Crippen molar-refractivity contribution in [2.45, 2.75) is 46.6 Å². The molecular weight excluding hydrogens is 306 g/mol. The van der Waals surface area contributed by atoms with Crippen molar-refractivity contribution in [1.29, 1.82) is 0 Å². The number of rotatable bonds is 3. The number of carboxylic acids is 1. The van der Waals surface area contributed by atoms with E-state index in [1.165, 1.54) is 5.56 Å². The number of amides is 1. The zero-order chi connectivity index (χ0) is 17.6. The molecule has 24 heavy (non-hydrogen) atoms. The standard InChI is InChI=1S/C19H25NO4/c1-11(2)19(18(22)23)5-6-20(10-19)17(21)16-9-14-7-12(3)13(4)8-15(14)24-16/h7-8,11,16H,5-6,9-10H2,1-4H3,(H,22,23). The Bertz CT molecular complexity index is 666. The topological polar surface area (TPSA) is 66.8 Å². The molecule has 0 aromatic heterocycles. The smallest absolute Gasteiger partial charge is 0.311 e. The molecule has 0 saturated carbocycles. The summed E-state index contributed by atoms with van der Waals surface area (Å²) in [5.74, 6) is -0.135. The van der Waals surface area contributed by atoms with Crippen LogP contribution < -0.4 is 4.74 Å². The van der Waals surface area contributed by atoms with E-state index >= 15 is 0 Å². The van der Waals surface area contributed by atoms with Crippen LogP contribution in [0.3, 0.4) is 0 Å². The second-order valence-corrected chi connectivity index (χ2v) is 7.48. The first kappa shape index (κ1) is 16.8. The summed E-state index contributed by atoms with van der Waals surface area (Å²) < 4.78 is 5.87. The van der Waals surface area contributed by atoms with Gasteiger partial charge in [-0.15, -0.1) is 0 Å². The molecule has 0 radical (unpaired) electrons. The zero-order valence-electron chi connectivity index (χ0n) is 14.8. The molecule has 1 amide bonds. The normalized spacial score (nSPS) is 25.7. The first-order valence-corrected chi connectivity index (χ1v) is 8.53. The second-order valence-electron chi connectivity index (χ2n) is 7.48. The summed E-state index contributed by atoms with van der Waals surface area (Å²) in [5.41, 5.74) is 2.56. The minimum Gasteiger partial charge on any atom is -0.481 e. The third kappa shape index (κ3) is 2.56. The molecule has 2 unspecified atom stereocenters. The fraction of sp³-hybridized carbons (Fsp3) is 0.579. The van der Waals surface area contributed by atoms with Gasteiger partial charge in [-0.2, -0.15) is 0 Å². The summed E-state index contributed by atoms with van der Waals surface area (Å²) in [6.45, 7) is 8.66. The lowest BCUT2D eigenvalue weighted by atomic mass is 9.76. The third-order valence-electron chi connectivity index (χ3n) is 5.77. The van der Waals surface area contributed by atoms with Crippen molar-refractivity contribution in [3.63, 3.8) is 0 Å². The average Bonchev–Trinajstić information content (AvgIpc) is 3.12. The lowest BCUT2D eigenvalue weighted by Gasteiger charge is -2.29. The summed E-state index contributed by atoms with van der Waals surface area (Å²) in [4.78, 5) is 26.2. The van der Waals surface area contributed by atoms with Gasteiger partial charge in [-0.3, -0.25) is 9.59 Å². The van der Waals surface area contributed by atoms with Gasteiger partial charge < -0.3 is 14.7 Å². The fourth-order valence-corrected chi connectivity index (χ4v) is 3.77. The first-order valence-electron chi connectivity index (χ1n) is 8.53. The van der Waals surface area contributed by atoms with Crippen molar-refractivity contribution >= 4 is 11.9 Å². The third-order valence-corrected chi connectivity index (χ3v) is 5.77. The molecule has 5 heteroatoms. The minimum absolute atomic E-state index is 0.0141. The summed E-state index contributed by atoms with van der Waals surface area (Å²) >= 11 is 0. The van der Waals surface area contributed by atoms with Crippen LogP contribution in [0.25, 0.3) is 0 Å². The summed E-state index contributed by atoms with van der Waals surface area (Å²) in [7, 11) is 0. The number of hydrogen-bond acceptors (Lipinski definition) is 3. The molecule has 3 rings (SSSR count). The molecule has 1 aromatic rings. The maximum Gasteiger partial charge on any atom is 0.311 e. The van der Waals surface area contributed by atoms with Crippen LogP contribution in [-0.4, -0.2) is 41.1 Å². The highest BCUT2D eigenvalue weighted by atomic mass is 16.5. The SMILES string of the molecule is Cc1cc2c(cc1C)OC(C(=O)N1CCC(C(=O)O)(C(C)C)C1)C2. The Morgan fingerprint density at radius 1 is 1.29 bits per heavy atom. The molecule has 2 heterocycles. The largest absolute Gasteiger partial charge is 0.481 e. The predicted octanol–water partition coefficient (Wildman–Crippen LogP) is 2.57. The lowest BCUT2D eigenvalue weighted by Crippen LogP contribution is -2.44. The van der Waals surface area contributed by atoms with Gasteiger partial charge in [-0.25, -0.2) is 0 Å². The van der Waals surface area contributed by atoms with Crippen molar-refractivity contribution < 1.29 is 19.4 Å². The van der Waals surface area contributed by atoms with Gasteiger partial charge in [0.05, 0.1) is 5.41 Å². The Morgan fingerprint density at radius 3 is 2.54 bits per heavy atom. The number of ether oxygens (including phenoxy) is 1. The van der Waals surface area contributed by atoms with Crippen LogP contribution in [0, 0.1) is 25.2 Å². The summed E-state index contributed by atoms with van der Waals surface area (Å²) in [6, 6.07) is 4.06. The predicted molar refractivity (Wildman–Crippen MR) is 90.1 cm³/mol. The van der Waals surface area contributed by atoms with E-state index in [0.717, 1.165) is 16.9 Å². The van der Waals surface area contributed by atoms with E-state index in [2.05, 4.69) is 13.0 Å². The molecule has 2 atom stereocenters. The monoisotopic (exact) mass is 331 g/mol. The van der Waals surface area contributed by atoms with E-state index in [-0.39, 0.29) is 18.4 Å². The van der Waals surface area contributed by atoms with Gasteiger partial charge in [0.25, 0.3) is 5.91 Å². The van der Waals surface area contributed by atoms with Crippen molar-refractivity contribution in [3.8, 4) is 5.75 Å². The quantitative estimate of drug-likeness (QED) is 0.924. The fourth-order valence-electron chi connectivity index (χ4n) is 3.77. The Kier molecular flexibility index (Phi) is 4.06. The number of hydrogen-bond donors (Lipinski definition) is 1. The molecule has 130 valence electrons. The van der Waals surface area contributed by atoms with Gasteiger partial charge in [-0.1, -0.05) is 19.9 Å². The second kappa shape index (κ2) is 5.80.